The maximum Gasteiger partial charge on any atom is 0.248 e. The van der Waals surface area contributed by atoms with Crippen LogP contribution in [0.3, 0.4) is 0 Å². The summed E-state index contributed by atoms with van der Waals surface area (Å²) >= 11 is 1.63. The van der Waals surface area contributed by atoms with Gasteiger partial charge >= 0.3 is 0 Å². The van der Waals surface area contributed by atoms with Crippen molar-refractivity contribution in [3.8, 4) is 0 Å². The summed E-state index contributed by atoms with van der Waals surface area (Å²) in [4.78, 5) is 15.0. The van der Waals surface area contributed by atoms with Gasteiger partial charge in [0, 0.05) is 23.6 Å². The van der Waals surface area contributed by atoms with Crippen LogP contribution in [0.2, 0.25) is 0 Å². The monoisotopic (exact) mass is 306 g/mol. The number of rotatable bonds is 7. The Balaban J connectivity index is 1.88. The Labute approximate surface area is 129 Å². The number of aliphatic hydroxyl groups excluding tert-OH is 1. The number of amides is 1. The highest BCUT2D eigenvalue weighted by Crippen LogP contribution is 2.21. The van der Waals surface area contributed by atoms with Gasteiger partial charge in [0.2, 0.25) is 5.91 Å². The van der Waals surface area contributed by atoms with Crippen LogP contribution in [0.15, 0.2) is 24.4 Å². The van der Waals surface area contributed by atoms with Crippen LogP contribution < -0.4 is 5.32 Å². The summed E-state index contributed by atoms with van der Waals surface area (Å²) in [5.41, 5.74) is 3.56. The number of aryl methyl sites for hydroxylation is 1. The molecule has 0 bridgehead atoms. The zero-order chi connectivity index (χ0) is 15.2. The fourth-order valence-corrected chi connectivity index (χ4v) is 2.83. The van der Waals surface area contributed by atoms with Crippen LogP contribution in [0.4, 0.5) is 0 Å². The lowest BCUT2D eigenvalue weighted by Crippen LogP contribution is -2.36. The van der Waals surface area contributed by atoms with E-state index in [0.29, 0.717) is 13.0 Å². The molecule has 2 rings (SSSR count). The van der Waals surface area contributed by atoms with Gasteiger partial charge in [-0.05, 0) is 42.9 Å². The van der Waals surface area contributed by atoms with E-state index in [0.717, 1.165) is 17.7 Å². The summed E-state index contributed by atoms with van der Waals surface area (Å²) in [5, 5.41) is 13.7. The third-order valence-corrected chi connectivity index (χ3v) is 4.25. The molecule has 2 aromatic rings. The summed E-state index contributed by atoms with van der Waals surface area (Å²) in [6, 6.07) is 6.20. The molecular weight excluding hydrogens is 284 g/mol. The van der Waals surface area contributed by atoms with Crippen molar-refractivity contribution in [1.82, 2.24) is 10.3 Å². The lowest BCUT2D eigenvalue weighted by molar-refractivity contribution is -0.129. The second kappa shape index (κ2) is 7.52. The summed E-state index contributed by atoms with van der Waals surface area (Å²) in [5.74, 6) is 0.510. The SMILES string of the molecule is CSCC[C@@H](O)C(=O)NCCc1c[nH]c2c(C)cccc12. The van der Waals surface area contributed by atoms with E-state index in [1.807, 2.05) is 18.5 Å². The third-order valence-electron chi connectivity index (χ3n) is 3.60. The first-order chi connectivity index (χ1) is 10.1. The van der Waals surface area contributed by atoms with Crippen molar-refractivity contribution in [1.29, 1.82) is 0 Å². The smallest absolute Gasteiger partial charge is 0.248 e. The Morgan fingerprint density at radius 2 is 2.29 bits per heavy atom. The van der Waals surface area contributed by atoms with E-state index in [1.54, 1.807) is 11.8 Å². The molecule has 1 amide bonds. The second-order valence-electron chi connectivity index (χ2n) is 5.15. The Morgan fingerprint density at radius 1 is 1.48 bits per heavy atom. The first kappa shape index (κ1) is 15.9. The van der Waals surface area contributed by atoms with Gasteiger partial charge in [0.15, 0.2) is 0 Å². The molecule has 0 saturated heterocycles. The number of hydrogen-bond acceptors (Lipinski definition) is 3. The number of benzene rings is 1. The van der Waals surface area contributed by atoms with Gasteiger partial charge in [-0.1, -0.05) is 18.2 Å². The molecule has 1 atom stereocenters. The Bertz CT molecular complexity index is 609. The van der Waals surface area contributed by atoms with Crippen molar-refractivity contribution >= 4 is 28.6 Å². The predicted octanol–water partition coefficient (Wildman–Crippen LogP) is 2.25. The fraction of sp³-hybridized carbons (Fsp3) is 0.438. The van der Waals surface area contributed by atoms with Gasteiger partial charge in [-0.2, -0.15) is 11.8 Å². The van der Waals surface area contributed by atoms with Crippen LogP contribution >= 0.6 is 11.8 Å². The van der Waals surface area contributed by atoms with E-state index < -0.39 is 6.10 Å². The average Bonchev–Trinajstić information content (AvgIpc) is 2.89. The number of H-pyrrole nitrogens is 1. The van der Waals surface area contributed by atoms with E-state index in [-0.39, 0.29) is 5.91 Å². The minimum atomic E-state index is -0.900. The molecule has 1 aromatic carbocycles. The largest absolute Gasteiger partial charge is 0.383 e. The zero-order valence-electron chi connectivity index (χ0n) is 12.5. The van der Waals surface area contributed by atoms with Gasteiger partial charge in [0.05, 0.1) is 0 Å². The van der Waals surface area contributed by atoms with Gasteiger partial charge in [-0.3, -0.25) is 4.79 Å². The minimum absolute atomic E-state index is 0.278. The van der Waals surface area contributed by atoms with Crippen LogP contribution in [-0.2, 0) is 11.2 Å². The molecule has 0 aliphatic heterocycles. The van der Waals surface area contributed by atoms with Crippen LogP contribution in [0.1, 0.15) is 17.5 Å². The molecule has 114 valence electrons. The van der Waals surface area contributed by atoms with Gasteiger partial charge < -0.3 is 15.4 Å². The van der Waals surface area contributed by atoms with Crippen molar-refractivity contribution in [3.63, 3.8) is 0 Å². The molecule has 3 N–H and O–H groups in total. The summed E-state index contributed by atoms with van der Waals surface area (Å²) in [6.45, 7) is 2.61. The number of thioether (sulfide) groups is 1. The average molecular weight is 306 g/mol. The highest BCUT2D eigenvalue weighted by Gasteiger charge is 2.13. The molecule has 5 heteroatoms. The molecule has 1 aromatic heterocycles. The fourth-order valence-electron chi connectivity index (χ4n) is 2.37. The number of fused-ring (bicyclic) bond motifs is 1. The molecule has 0 saturated carbocycles. The van der Waals surface area contributed by atoms with Crippen LogP contribution in [0.5, 0.6) is 0 Å². The van der Waals surface area contributed by atoms with Gasteiger partial charge in [-0.25, -0.2) is 0 Å². The van der Waals surface area contributed by atoms with E-state index in [1.165, 1.54) is 16.5 Å². The first-order valence-electron chi connectivity index (χ1n) is 7.13. The Morgan fingerprint density at radius 3 is 3.05 bits per heavy atom. The summed E-state index contributed by atoms with van der Waals surface area (Å²) < 4.78 is 0. The standard InChI is InChI=1S/C16H22N2O2S/c1-11-4-3-5-13-12(10-18-15(11)13)6-8-17-16(20)14(19)7-9-21-2/h3-5,10,14,18-19H,6-9H2,1-2H3,(H,17,20)/t14-/m1/s1. The lowest BCUT2D eigenvalue weighted by atomic mass is 10.1. The molecule has 0 aliphatic carbocycles. The molecule has 0 aliphatic rings. The lowest BCUT2D eigenvalue weighted by Gasteiger charge is -2.10. The number of aromatic nitrogens is 1. The number of para-hydroxylation sites is 1. The molecule has 4 nitrogen and oxygen atoms in total. The number of carbonyl (C=O) groups excluding carboxylic acids is 1. The third kappa shape index (κ3) is 4.02. The van der Waals surface area contributed by atoms with Crippen molar-refractivity contribution in [2.45, 2.75) is 25.9 Å². The van der Waals surface area contributed by atoms with Gasteiger partial charge in [0.25, 0.3) is 0 Å². The van der Waals surface area contributed by atoms with Crippen LogP contribution in [-0.4, -0.2) is 40.7 Å². The number of hydrogen-bond donors (Lipinski definition) is 3. The number of aromatic amines is 1. The maximum absolute atomic E-state index is 11.7. The second-order valence-corrected chi connectivity index (χ2v) is 6.14. The molecule has 0 unspecified atom stereocenters. The van der Waals surface area contributed by atoms with Crippen molar-refractivity contribution in [2.75, 3.05) is 18.6 Å². The molecule has 0 spiro atoms. The van der Waals surface area contributed by atoms with E-state index in [2.05, 4.69) is 29.4 Å². The van der Waals surface area contributed by atoms with Crippen LogP contribution in [0, 0.1) is 6.92 Å². The summed E-state index contributed by atoms with van der Waals surface area (Å²) in [7, 11) is 0. The number of carbonyl (C=O) groups is 1. The normalized spacial score (nSPS) is 12.5. The predicted molar refractivity (Wildman–Crippen MR) is 88.8 cm³/mol. The maximum atomic E-state index is 11.7. The number of aliphatic hydroxyl groups is 1. The zero-order valence-corrected chi connectivity index (χ0v) is 13.3. The molecular formula is C16H22N2O2S. The topological polar surface area (TPSA) is 65.1 Å². The highest BCUT2D eigenvalue weighted by molar-refractivity contribution is 7.98. The first-order valence-corrected chi connectivity index (χ1v) is 8.53. The highest BCUT2D eigenvalue weighted by atomic mass is 32.2. The molecule has 1 heterocycles. The number of nitrogens with one attached hydrogen (secondary N) is 2. The minimum Gasteiger partial charge on any atom is -0.383 e. The van der Waals surface area contributed by atoms with Crippen LogP contribution in [0.25, 0.3) is 10.9 Å². The Kier molecular flexibility index (Phi) is 5.70. The molecule has 0 radical (unpaired) electrons. The quantitative estimate of drug-likeness (QED) is 0.735. The van der Waals surface area contributed by atoms with Crippen molar-refractivity contribution in [2.24, 2.45) is 0 Å². The Hall–Kier alpha value is -1.46. The molecule has 0 fully saturated rings. The van der Waals surface area contributed by atoms with Crippen molar-refractivity contribution < 1.29 is 9.90 Å². The van der Waals surface area contributed by atoms with Gasteiger partial charge in [-0.15, -0.1) is 0 Å². The molecule has 21 heavy (non-hydrogen) atoms. The van der Waals surface area contributed by atoms with Gasteiger partial charge in [0.1, 0.15) is 6.10 Å². The summed E-state index contributed by atoms with van der Waals surface area (Å²) in [6.07, 6.45) is 4.31. The van der Waals surface area contributed by atoms with E-state index in [9.17, 15) is 9.90 Å². The van der Waals surface area contributed by atoms with E-state index in [4.69, 9.17) is 0 Å². The van der Waals surface area contributed by atoms with E-state index >= 15 is 0 Å². The van der Waals surface area contributed by atoms with Crippen molar-refractivity contribution in [3.05, 3.63) is 35.5 Å².